The van der Waals surface area contributed by atoms with Gasteiger partial charge in [-0.25, -0.2) is 0 Å². The smallest absolute Gasteiger partial charge is 0.277 e. The van der Waals surface area contributed by atoms with Crippen LogP contribution in [0.3, 0.4) is 0 Å². The first kappa shape index (κ1) is 21.1. The minimum atomic E-state index is 0.182. The van der Waals surface area contributed by atoms with Crippen molar-refractivity contribution < 1.29 is 24.1 Å². The molecule has 0 spiro atoms. The van der Waals surface area contributed by atoms with Crippen LogP contribution in [0.4, 0.5) is 0 Å². The quantitative estimate of drug-likeness (QED) is 0.638. The molecule has 3 rings (SSSR count). The Hall–Kier alpha value is -2.57. The number of quaternary nitrogens is 2. The molecule has 1 aliphatic rings. The maximum atomic E-state index is 12.7. The molecule has 1 fully saturated rings. The number of likely N-dealkylation sites (N-methyl/N-ethyl adjacent to an activating group) is 1. The van der Waals surface area contributed by atoms with Crippen molar-refractivity contribution >= 4 is 5.91 Å². The highest BCUT2D eigenvalue weighted by Gasteiger charge is 2.26. The van der Waals surface area contributed by atoms with Gasteiger partial charge in [0.2, 0.25) is 0 Å². The zero-order chi connectivity index (χ0) is 20.6. The van der Waals surface area contributed by atoms with Crippen molar-refractivity contribution in [3.8, 4) is 11.5 Å². The van der Waals surface area contributed by atoms with Gasteiger partial charge in [0.15, 0.2) is 18.0 Å². The fourth-order valence-corrected chi connectivity index (χ4v) is 3.89. The molecule has 156 valence electrons. The Morgan fingerprint density at radius 2 is 1.55 bits per heavy atom. The maximum absolute atomic E-state index is 12.7. The molecule has 0 bridgehead atoms. The minimum Gasteiger partial charge on any atom is -0.493 e. The van der Waals surface area contributed by atoms with Gasteiger partial charge in [-0.15, -0.1) is 0 Å². The van der Waals surface area contributed by atoms with Gasteiger partial charge in [0.05, 0.1) is 14.2 Å². The number of amides is 1. The normalized spacial score (nSPS) is 18.9. The van der Waals surface area contributed by atoms with Crippen molar-refractivity contribution in [2.45, 2.75) is 13.1 Å². The number of carbonyl (C=O) groups is 1. The second-order valence-electron chi connectivity index (χ2n) is 7.78. The van der Waals surface area contributed by atoms with E-state index in [9.17, 15) is 4.79 Å². The van der Waals surface area contributed by atoms with Crippen LogP contribution in [0.1, 0.15) is 11.1 Å². The van der Waals surface area contributed by atoms with Crippen LogP contribution in [0.2, 0.25) is 0 Å². The molecule has 0 aromatic heterocycles. The fourth-order valence-electron chi connectivity index (χ4n) is 3.89. The molecule has 0 atom stereocenters. The maximum Gasteiger partial charge on any atom is 0.277 e. The van der Waals surface area contributed by atoms with Crippen LogP contribution in [0.25, 0.3) is 0 Å². The van der Waals surface area contributed by atoms with Crippen molar-refractivity contribution in [3.05, 3.63) is 59.7 Å². The summed E-state index contributed by atoms with van der Waals surface area (Å²) in [6.07, 6.45) is 0. The van der Waals surface area contributed by atoms with Gasteiger partial charge in [0, 0.05) is 19.2 Å². The second-order valence-corrected chi connectivity index (χ2v) is 7.78. The molecule has 1 aliphatic heterocycles. The Bertz CT molecular complexity index is 789. The van der Waals surface area contributed by atoms with E-state index in [0.29, 0.717) is 24.6 Å². The molecule has 0 unspecified atom stereocenters. The molecule has 6 heteroatoms. The Labute approximate surface area is 173 Å². The monoisotopic (exact) mass is 399 g/mol. The molecule has 1 amide bonds. The number of piperazine rings is 1. The highest BCUT2D eigenvalue weighted by atomic mass is 16.5. The molecule has 29 heavy (non-hydrogen) atoms. The average Bonchev–Trinajstić information content (AvgIpc) is 2.75. The van der Waals surface area contributed by atoms with Gasteiger partial charge in [-0.2, -0.15) is 0 Å². The first-order chi connectivity index (χ1) is 14.1. The summed E-state index contributed by atoms with van der Waals surface area (Å²) in [4.78, 5) is 17.5. The van der Waals surface area contributed by atoms with E-state index in [-0.39, 0.29) is 5.91 Å². The van der Waals surface area contributed by atoms with Gasteiger partial charge in [0.25, 0.3) is 5.91 Å². The summed E-state index contributed by atoms with van der Waals surface area (Å²) in [5.74, 6) is 1.57. The summed E-state index contributed by atoms with van der Waals surface area (Å²) < 4.78 is 10.6. The summed E-state index contributed by atoms with van der Waals surface area (Å²) >= 11 is 0. The summed E-state index contributed by atoms with van der Waals surface area (Å²) in [6.45, 7) is 6.49. The van der Waals surface area contributed by atoms with E-state index in [1.54, 1.807) is 24.0 Å². The zero-order valence-electron chi connectivity index (χ0n) is 17.7. The number of nitrogens with one attached hydrogen (secondary N) is 2. The van der Waals surface area contributed by atoms with Gasteiger partial charge in [0.1, 0.15) is 32.7 Å². The second kappa shape index (κ2) is 10.3. The number of hydrogen-bond acceptors (Lipinski definition) is 3. The van der Waals surface area contributed by atoms with Crippen molar-refractivity contribution in [3.63, 3.8) is 0 Å². The lowest BCUT2D eigenvalue weighted by atomic mass is 10.2. The summed E-state index contributed by atoms with van der Waals surface area (Å²) in [7, 11) is 5.12. The van der Waals surface area contributed by atoms with Crippen molar-refractivity contribution in [2.75, 3.05) is 54.0 Å². The predicted octanol–water partition coefficient (Wildman–Crippen LogP) is -0.354. The summed E-state index contributed by atoms with van der Waals surface area (Å²) in [5, 5.41) is 0. The van der Waals surface area contributed by atoms with Crippen molar-refractivity contribution in [2.24, 2.45) is 0 Å². The molecule has 1 heterocycles. The topological polar surface area (TPSA) is 47.6 Å². The first-order valence-corrected chi connectivity index (χ1v) is 10.2. The van der Waals surface area contributed by atoms with Crippen molar-refractivity contribution in [1.29, 1.82) is 0 Å². The van der Waals surface area contributed by atoms with Crippen LogP contribution in [-0.4, -0.2) is 64.8 Å². The molecule has 6 nitrogen and oxygen atoms in total. The lowest BCUT2D eigenvalue weighted by molar-refractivity contribution is -1.02. The van der Waals surface area contributed by atoms with E-state index in [2.05, 4.69) is 30.3 Å². The number of ether oxygens (including phenoxy) is 2. The molecule has 0 aliphatic carbocycles. The number of nitrogens with zero attached hydrogens (tertiary/aromatic N) is 1. The zero-order valence-corrected chi connectivity index (χ0v) is 17.7. The largest absolute Gasteiger partial charge is 0.493 e. The molecule has 0 radical (unpaired) electrons. The number of rotatable bonds is 8. The van der Waals surface area contributed by atoms with Crippen LogP contribution in [0.15, 0.2) is 48.5 Å². The molecular weight excluding hydrogens is 366 g/mol. The van der Waals surface area contributed by atoms with Crippen LogP contribution in [0.5, 0.6) is 11.5 Å². The number of hydrogen-bond donors (Lipinski definition) is 2. The molecule has 2 N–H and O–H groups in total. The molecular formula is C23H33N3O3+2. The molecule has 2 aromatic carbocycles. The third-order valence-electron chi connectivity index (χ3n) is 5.66. The van der Waals surface area contributed by atoms with Gasteiger partial charge in [-0.3, -0.25) is 4.79 Å². The standard InChI is InChI=1S/C23H31N3O3/c1-24(16-20-9-10-21(28-2)22(15-20)29-3)23(27)18-26-13-11-25(12-14-26)17-19-7-5-4-6-8-19/h4-10,15H,11-14,16-18H2,1-3H3/p+2. The Balaban J connectivity index is 1.45. The van der Waals surface area contributed by atoms with E-state index in [1.807, 2.05) is 25.2 Å². The van der Waals surface area contributed by atoms with Gasteiger partial charge in [-0.1, -0.05) is 36.4 Å². The average molecular weight is 400 g/mol. The Morgan fingerprint density at radius 3 is 2.21 bits per heavy atom. The third kappa shape index (κ3) is 5.95. The lowest BCUT2D eigenvalue weighted by Crippen LogP contribution is -3.28. The SMILES string of the molecule is COc1ccc(CN(C)C(=O)C[NH+]2CC[NH+](Cc3ccccc3)CC2)cc1OC. The van der Waals surface area contributed by atoms with Crippen LogP contribution in [-0.2, 0) is 17.9 Å². The number of benzene rings is 2. The Morgan fingerprint density at radius 1 is 0.897 bits per heavy atom. The van der Waals surface area contributed by atoms with E-state index in [4.69, 9.17) is 9.47 Å². The summed E-state index contributed by atoms with van der Waals surface area (Å²) in [6, 6.07) is 16.4. The minimum absolute atomic E-state index is 0.182. The Kier molecular flexibility index (Phi) is 7.49. The van der Waals surface area contributed by atoms with E-state index >= 15 is 0 Å². The molecule has 0 saturated carbocycles. The van der Waals surface area contributed by atoms with E-state index in [1.165, 1.54) is 10.5 Å². The third-order valence-corrected chi connectivity index (χ3v) is 5.66. The van der Waals surface area contributed by atoms with Gasteiger partial charge in [-0.05, 0) is 17.7 Å². The molecule has 2 aromatic rings. The van der Waals surface area contributed by atoms with Gasteiger partial charge < -0.3 is 24.2 Å². The van der Waals surface area contributed by atoms with Gasteiger partial charge >= 0.3 is 0 Å². The van der Waals surface area contributed by atoms with Crippen molar-refractivity contribution in [1.82, 2.24) is 4.90 Å². The predicted molar refractivity (Wildman–Crippen MR) is 112 cm³/mol. The summed E-state index contributed by atoms with van der Waals surface area (Å²) in [5.41, 5.74) is 2.42. The highest BCUT2D eigenvalue weighted by Crippen LogP contribution is 2.27. The van der Waals surface area contributed by atoms with E-state index < -0.39 is 0 Å². The van der Waals surface area contributed by atoms with Crippen LogP contribution >= 0.6 is 0 Å². The highest BCUT2D eigenvalue weighted by molar-refractivity contribution is 5.76. The molecule has 1 saturated heterocycles. The van der Waals surface area contributed by atoms with Crippen LogP contribution < -0.4 is 19.3 Å². The van der Waals surface area contributed by atoms with Crippen LogP contribution in [0, 0.1) is 0 Å². The fraction of sp³-hybridized carbons (Fsp3) is 0.435. The lowest BCUT2D eigenvalue weighted by Gasteiger charge is -2.30. The first-order valence-electron chi connectivity index (χ1n) is 10.2. The number of carbonyl (C=O) groups excluding carboxylic acids is 1. The van der Waals surface area contributed by atoms with E-state index in [0.717, 1.165) is 38.3 Å². The number of methoxy groups -OCH3 is 2.